The maximum atomic E-state index is 14.2. The van der Waals surface area contributed by atoms with E-state index in [0.717, 1.165) is 28.7 Å². The topological polar surface area (TPSA) is 74.4 Å². The molecule has 0 bridgehead atoms. The third kappa shape index (κ3) is 5.92. The lowest BCUT2D eigenvalue weighted by Crippen LogP contribution is -2.54. The van der Waals surface area contributed by atoms with E-state index >= 15 is 0 Å². The van der Waals surface area contributed by atoms with Crippen molar-refractivity contribution in [2.24, 2.45) is 11.3 Å². The first-order chi connectivity index (χ1) is 20.6. The Bertz CT molecular complexity index is 1670. The van der Waals surface area contributed by atoms with Crippen LogP contribution in [0, 0.1) is 18.3 Å². The number of para-hydroxylation sites is 1. The number of alkyl halides is 3. The van der Waals surface area contributed by atoms with Gasteiger partial charge >= 0.3 is 6.18 Å². The number of hydrogen-bond acceptors (Lipinski definition) is 3. The molecule has 1 aliphatic carbocycles. The lowest BCUT2D eigenvalue weighted by Gasteiger charge is -2.38. The van der Waals surface area contributed by atoms with Crippen molar-refractivity contribution in [3.63, 3.8) is 0 Å². The van der Waals surface area contributed by atoms with Crippen molar-refractivity contribution in [3.8, 4) is 5.75 Å². The van der Waals surface area contributed by atoms with Crippen molar-refractivity contribution in [1.82, 2.24) is 9.88 Å². The molecule has 0 spiro atoms. The molecule has 1 heterocycles. The minimum Gasteiger partial charge on any atom is -0.497 e. The summed E-state index contributed by atoms with van der Waals surface area (Å²) in [6.07, 6.45) is -4.28. The number of nitrogens with zero attached hydrogens (tertiary/aromatic N) is 1. The second kappa shape index (κ2) is 11.3. The summed E-state index contributed by atoms with van der Waals surface area (Å²) in [4.78, 5) is 32.8. The van der Waals surface area contributed by atoms with Gasteiger partial charge in [-0.05, 0) is 91.6 Å². The van der Waals surface area contributed by atoms with Crippen molar-refractivity contribution in [2.75, 3.05) is 12.4 Å². The fraction of sp³-hybridized carbons (Fsp3) is 0.371. The van der Waals surface area contributed by atoms with Crippen LogP contribution in [-0.4, -0.2) is 34.3 Å². The number of methoxy groups -OCH3 is 1. The molecule has 1 aliphatic rings. The highest BCUT2D eigenvalue weighted by Crippen LogP contribution is 2.67. The molecule has 232 valence electrons. The van der Waals surface area contributed by atoms with Crippen LogP contribution in [0.3, 0.4) is 0 Å². The van der Waals surface area contributed by atoms with E-state index in [1.807, 2.05) is 25.1 Å². The Morgan fingerprint density at radius 3 is 2.23 bits per heavy atom. The number of H-pyrrole nitrogens is 1. The highest BCUT2D eigenvalue weighted by atomic mass is 19.4. The number of carbonyl (C=O) groups is 2. The molecule has 1 fully saturated rings. The highest BCUT2D eigenvalue weighted by molar-refractivity contribution is 6.00. The molecular weight excluding hydrogens is 567 g/mol. The molecule has 6 nitrogen and oxygen atoms in total. The van der Waals surface area contributed by atoms with Crippen LogP contribution < -0.4 is 10.1 Å². The molecule has 0 radical (unpaired) electrons. The Kier molecular flexibility index (Phi) is 8.03. The van der Waals surface area contributed by atoms with Gasteiger partial charge in [-0.3, -0.25) is 9.59 Å². The van der Waals surface area contributed by atoms with E-state index in [4.69, 9.17) is 4.74 Å². The molecule has 5 rings (SSSR count). The molecule has 0 unspecified atom stereocenters. The number of fused-ring (bicyclic) bond motifs is 1. The summed E-state index contributed by atoms with van der Waals surface area (Å²) in [6.45, 7) is 9.65. The summed E-state index contributed by atoms with van der Waals surface area (Å²) in [7, 11) is 1.55. The number of hydrogen-bond donors (Lipinski definition) is 2. The van der Waals surface area contributed by atoms with Gasteiger partial charge in [-0.2, -0.15) is 13.2 Å². The molecule has 0 saturated heterocycles. The number of halogens is 3. The quantitative estimate of drug-likeness (QED) is 0.203. The van der Waals surface area contributed by atoms with E-state index in [-0.39, 0.29) is 36.1 Å². The molecule has 9 heteroatoms. The van der Waals surface area contributed by atoms with E-state index in [1.165, 1.54) is 22.6 Å². The van der Waals surface area contributed by atoms with Gasteiger partial charge in [0.25, 0.3) is 0 Å². The minimum atomic E-state index is -4.47. The number of benzene rings is 3. The molecule has 2 amide bonds. The number of carbonyl (C=O) groups excluding carboxylic acids is 2. The van der Waals surface area contributed by atoms with Gasteiger partial charge in [0.15, 0.2) is 0 Å². The SMILES string of the molecule is COc1ccc(NC(=O)C(C)(C)N(Cc2ccc(C(F)(F)F)cc2)C(=O)C[C@H]2[C@@H](c3c(C)[nH]c4ccccc34)C2(C)C)cc1. The molecular formula is C35H38F3N3O3. The molecule has 3 aromatic carbocycles. The first-order valence-electron chi connectivity index (χ1n) is 14.6. The minimum absolute atomic E-state index is 0.0171. The average Bonchev–Trinajstić information content (AvgIpc) is 3.32. The van der Waals surface area contributed by atoms with Crippen molar-refractivity contribution in [3.05, 3.63) is 95.2 Å². The van der Waals surface area contributed by atoms with E-state index in [9.17, 15) is 22.8 Å². The van der Waals surface area contributed by atoms with Gasteiger partial charge in [0.05, 0.1) is 12.7 Å². The fourth-order valence-corrected chi connectivity index (χ4v) is 6.36. The smallest absolute Gasteiger partial charge is 0.416 e. The van der Waals surface area contributed by atoms with Crippen LogP contribution in [0.2, 0.25) is 0 Å². The Morgan fingerprint density at radius 2 is 1.61 bits per heavy atom. The largest absolute Gasteiger partial charge is 0.497 e. The number of rotatable bonds is 9. The monoisotopic (exact) mass is 605 g/mol. The summed E-state index contributed by atoms with van der Waals surface area (Å²) in [6, 6.07) is 19.7. The lowest BCUT2D eigenvalue weighted by molar-refractivity contribution is -0.145. The van der Waals surface area contributed by atoms with Crippen LogP contribution in [0.1, 0.15) is 62.4 Å². The number of aryl methyl sites for hydroxylation is 1. The summed E-state index contributed by atoms with van der Waals surface area (Å²) in [5.74, 6) is 0.128. The predicted molar refractivity (Wildman–Crippen MR) is 165 cm³/mol. The third-order valence-electron chi connectivity index (χ3n) is 9.20. The van der Waals surface area contributed by atoms with Crippen molar-refractivity contribution < 1.29 is 27.5 Å². The highest BCUT2D eigenvalue weighted by Gasteiger charge is 2.60. The van der Waals surface area contributed by atoms with E-state index in [0.29, 0.717) is 17.0 Å². The van der Waals surface area contributed by atoms with Gasteiger partial charge in [0.1, 0.15) is 11.3 Å². The first kappa shape index (κ1) is 31.2. The van der Waals surface area contributed by atoms with Gasteiger partial charge < -0.3 is 19.9 Å². The van der Waals surface area contributed by atoms with Crippen LogP contribution in [0.5, 0.6) is 5.75 Å². The van der Waals surface area contributed by atoms with Gasteiger partial charge in [0.2, 0.25) is 11.8 Å². The Morgan fingerprint density at radius 1 is 0.977 bits per heavy atom. The third-order valence-corrected chi connectivity index (χ3v) is 9.20. The fourth-order valence-electron chi connectivity index (χ4n) is 6.36. The molecule has 44 heavy (non-hydrogen) atoms. The van der Waals surface area contributed by atoms with Gasteiger partial charge in [-0.25, -0.2) is 0 Å². The van der Waals surface area contributed by atoms with Crippen molar-refractivity contribution in [2.45, 2.75) is 65.2 Å². The standard InChI is InChI=1S/C35H38F3N3O3/c1-21-30(26-9-7-8-10-28(26)39-21)31-27(33(31,2)3)19-29(42)41(20-22-11-13-23(14-12-22)35(36,37)38)34(4,5)32(43)40-24-15-17-25(44-6)18-16-24/h7-18,27,31,39H,19-20H2,1-6H3,(H,40,43)/t27-,31-/m0/s1. The van der Waals surface area contributed by atoms with Crippen LogP contribution in [0.4, 0.5) is 18.9 Å². The summed E-state index contributed by atoms with van der Waals surface area (Å²) in [5.41, 5.74) is 2.08. The number of aromatic amines is 1. The zero-order valence-corrected chi connectivity index (χ0v) is 25.8. The zero-order valence-electron chi connectivity index (χ0n) is 25.8. The lowest BCUT2D eigenvalue weighted by atomic mass is 9.97. The number of aromatic nitrogens is 1. The average molecular weight is 606 g/mol. The Hall–Kier alpha value is -4.27. The van der Waals surface area contributed by atoms with E-state index in [1.54, 1.807) is 45.2 Å². The zero-order chi connectivity index (χ0) is 32.0. The first-order valence-corrected chi connectivity index (χ1v) is 14.6. The van der Waals surface area contributed by atoms with Crippen molar-refractivity contribution >= 4 is 28.4 Å². The Labute approximate surface area is 255 Å². The van der Waals surface area contributed by atoms with Crippen molar-refractivity contribution in [1.29, 1.82) is 0 Å². The van der Waals surface area contributed by atoms with E-state index < -0.39 is 23.2 Å². The maximum absolute atomic E-state index is 14.2. The van der Waals surface area contributed by atoms with Gasteiger partial charge in [0, 0.05) is 35.2 Å². The molecule has 2 N–H and O–H groups in total. The van der Waals surface area contributed by atoms with Crippen LogP contribution in [0.15, 0.2) is 72.8 Å². The molecule has 2 atom stereocenters. The second-order valence-electron chi connectivity index (χ2n) is 12.7. The van der Waals surface area contributed by atoms with Crippen LogP contribution in [0.25, 0.3) is 10.9 Å². The normalized spacial score (nSPS) is 17.8. The number of ether oxygens (including phenoxy) is 1. The summed E-state index contributed by atoms with van der Waals surface area (Å²) < 4.78 is 44.9. The van der Waals surface area contributed by atoms with Crippen LogP contribution >= 0.6 is 0 Å². The number of anilines is 1. The molecule has 4 aromatic rings. The number of amides is 2. The number of nitrogens with one attached hydrogen (secondary N) is 2. The molecule has 0 aliphatic heterocycles. The van der Waals surface area contributed by atoms with Gasteiger partial charge in [-0.15, -0.1) is 0 Å². The Balaban J connectivity index is 1.43. The maximum Gasteiger partial charge on any atom is 0.416 e. The van der Waals surface area contributed by atoms with Crippen LogP contribution in [-0.2, 0) is 22.3 Å². The molecule has 1 saturated carbocycles. The van der Waals surface area contributed by atoms with Gasteiger partial charge in [-0.1, -0.05) is 44.2 Å². The summed E-state index contributed by atoms with van der Waals surface area (Å²) in [5, 5.41) is 4.02. The summed E-state index contributed by atoms with van der Waals surface area (Å²) >= 11 is 0. The predicted octanol–water partition coefficient (Wildman–Crippen LogP) is 8.08. The second-order valence-corrected chi connectivity index (χ2v) is 12.7. The molecule has 1 aromatic heterocycles. The van der Waals surface area contributed by atoms with E-state index in [2.05, 4.69) is 30.2 Å².